The van der Waals surface area contributed by atoms with E-state index in [2.05, 4.69) is 19.9 Å². The van der Waals surface area contributed by atoms with Gasteiger partial charge in [0.25, 0.3) is 5.91 Å². The van der Waals surface area contributed by atoms with Crippen molar-refractivity contribution >= 4 is 22.8 Å². The summed E-state index contributed by atoms with van der Waals surface area (Å²) in [5.74, 6) is -0.215. The minimum atomic E-state index is -0.496. The van der Waals surface area contributed by atoms with E-state index in [-0.39, 0.29) is 5.91 Å². The van der Waals surface area contributed by atoms with Crippen LogP contribution in [0.3, 0.4) is 0 Å². The third kappa shape index (κ3) is 2.09. The first-order valence-corrected chi connectivity index (χ1v) is 6.87. The summed E-state index contributed by atoms with van der Waals surface area (Å²) in [7, 11) is 0. The number of hydrogen-bond acceptors (Lipinski definition) is 2. The van der Waals surface area contributed by atoms with E-state index in [0.717, 1.165) is 11.0 Å². The highest BCUT2D eigenvalue weighted by molar-refractivity contribution is 6.04. The molecule has 3 aromatic rings. The second kappa shape index (κ2) is 4.74. The second-order valence-corrected chi connectivity index (χ2v) is 5.48. The van der Waals surface area contributed by atoms with Crippen LogP contribution in [-0.4, -0.2) is 16.4 Å². The van der Waals surface area contributed by atoms with Gasteiger partial charge in [-0.25, -0.2) is 0 Å². The van der Waals surface area contributed by atoms with Crippen molar-refractivity contribution in [2.24, 2.45) is 5.73 Å². The van der Waals surface area contributed by atoms with Gasteiger partial charge in [0.2, 0.25) is 5.91 Å². The quantitative estimate of drug-likeness (QED) is 0.801. The lowest BCUT2D eigenvalue weighted by molar-refractivity contribution is 0.0965. The van der Waals surface area contributed by atoms with Crippen molar-refractivity contribution in [2.45, 2.75) is 19.8 Å². The van der Waals surface area contributed by atoms with Crippen LogP contribution in [-0.2, 0) is 0 Å². The van der Waals surface area contributed by atoms with Crippen LogP contribution in [0.4, 0.5) is 0 Å². The summed E-state index contributed by atoms with van der Waals surface area (Å²) in [6.07, 6.45) is 0. The van der Waals surface area contributed by atoms with Gasteiger partial charge in [-0.1, -0.05) is 13.8 Å². The second-order valence-electron chi connectivity index (χ2n) is 5.48. The molecule has 0 radical (unpaired) electrons. The van der Waals surface area contributed by atoms with E-state index in [4.69, 9.17) is 5.73 Å². The van der Waals surface area contributed by atoms with E-state index in [9.17, 15) is 9.59 Å². The molecule has 106 valence electrons. The Hall–Kier alpha value is -2.62. The Kier molecular flexibility index (Phi) is 3.01. The fourth-order valence-corrected chi connectivity index (χ4v) is 2.62. The molecule has 0 aliphatic rings. The number of hydrogen-bond donors (Lipinski definition) is 1. The molecule has 0 aliphatic carbocycles. The van der Waals surface area contributed by atoms with Crippen LogP contribution >= 0.6 is 0 Å². The van der Waals surface area contributed by atoms with E-state index < -0.39 is 5.91 Å². The van der Waals surface area contributed by atoms with Crippen molar-refractivity contribution in [3.63, 3.8) is 0 Å². The zero-order valence-electron chi connectivity index (χ0n) is 12.0. The third-order valence-electron chi connectivity index (χ3n) is 3.75. The van der Waals surface area contributed by atoms with Crippen molar-refractivity contribution in [1.82, 2.24) is 4.57 Å². The first-order chi connectivity index (χ1) is 9.99. The minimum absolute atomic E-state index is 0.0899. The van der Waals surface area contributed by atoms with E-state index in [1.165, 1.54) is 5.56 Å². The molecule has 3 rings (SSSR count). The summed E-state index contributed by atoms with van der Waals surface area (Å²) in [4.78, 5) is 23.7. The average Bonchev–Trinajstić information content (AvgIpc) is 3.04. The number of carbonyl (C=O) groups excluding carboxylic acids is 2. The number of rotatable bonds is 3. The van der Waals surface area contributed by atoms with Gasteiger partial charge in [0, 0.05) is 16.6 Å². The molecule has 2 bridgehead atoms. The SMILES string of the molecule is CC(C)c1cc2ccc1n2C(=O)c1ccc(C(N)=O)cc1. The summed E-state index contributed by atoms with van der Waals surface area (Å²) >= 11 is 0. The van der Waals surface area contributed by atoms with Crippen LogP contribution in [0.25, 0.3) is 11.0 Å². The van der Waals surface area contributed by atoms with Crippen LogP contribution in [0.1, 0.15) is 46.0 Å². The summed E-state index contributed by atoms with van der Waals surface area (Å²) in [5.41, 5.74) is 9.17. The topological polar surface area (TPSA) is 65.1 Å². The molecule has 2 aromatic heterocycles. The summed E-state index contributed by atoms with van der Waals surface area (Å²) in [6.45, 7) is 4.22. The van der Waals surface area contributed by atoms with E-state index in [1.54, 1.807) is 28.8 Å². The largest absolute Gasteiger partial charge is 0.366 e. The van der Waals surface area contributed by atoms with Gasteiger partial charge >= 0.3 is 0 Å². The fraction of sp³-hybridized carbons (Fsp3) is 0.176. The molecule has 2 heterocycles. The Balaban J connectivity index is 2.02. The maximum atomic E-state index is 12.7. The van der Waals surface area contributed by atoms with E-state index >= 15 is 0 Å². The zero-order valence-corrected chi connectivity index (χ0v) is 12.0. The molecule has 0 fully saturated rings. The van der Waals surface area contributed by atoms with Crippen molar-refractivity contribution in [3.8, 4) is 0 Å². The van der Waals surface area contributed by atoms with Crippen LogP contribution in [0.5, 0.6) is 0 Å². The third-order valence-corrected chi connectivity index (χ3v) is 3.75. The van der Waals surface area contributed by atoms with Gasteiger partial charge < -0.3 is 5.73 Å². The smallest absolute Gasteiger partial charge is 0.262 e. The van der Waals surface area contributed by atoms with Crippen molar-refractivity contribution in [3.05, 3.63) is 59.2 Å². The number of amides is 1. The van der Waals surface area contributed by atoms with Gasteiger partial charge in [-0.3, -0.25) is 14.2 Å². The van der Waals surface area contributed by atoms with Gasteiger partial charge in [0.1, 0.15) is 0 Å². The molecule has 1 aromatic carbocycles. The van der Waals surface area contributed by atoms with Gasteiger partial charge in [-0.15, -0.1) is 0 Å². The molecular weight excluding hydrogens is 264 g/mol. The number of nitrogens with two attached hydrogens (primary N) is 1. The van der Waals surface area contributed by atoms with Crippen LogP contribution in [0.2, 0.25) is 0 Å². The Morgan fingerprint density at radius 3 is 2.14 bits per heavy atom. The monoisotopic (exact) mass is 280 g/mol. The summed E-state index contributed by atoms with van der Waals surface area (Å²) in [6, 6.07) is 12.4. The van der Waals surface area contributed by atoms with Crippen molar-refractivity contribution in [2.75, 3.05) is 0 Å². The molecule has 4 nitrogen and oxygen atoms in total. The molecule has 4 heteroatoms. The predicted octanol–water partition coefficient (Wildman–Crippen LogP) is 2.99. The van der Waals surface area contributed by atoms with E-state index in [1.807, 2.05) is 12.1 Å². The number of primary amides is 1. The highest BCUT2D eigenvalue weighted by Crippen LogP contribution is 2.29. The fourth-order valence-electron chi connectivity index (χ4n) is 2.62. The lowest BCUT2D eigenvalue weighted by Gasteiger charge is -2.06. The molecule has 0 saturated carbocycles. The number of fused-ring (bicyclic) bond motifs is 2. The Morgan fingerprint density at radius 1 is 1.00 bits per heavy atom. The van der Waals surface area contributed by atoms with Crippen molar-refractivity contribution in [1.29, 1.82) is 0 Å². The Bertz CT molecular complexity index is 813. The highest BCUT2D eigenvalue weighted by Gasteiger charge is 2.19. The number of aromatic nitrogens is 1. The lowest BCUT2D eigenvalue weighted by atomic mass is 10.0. The zero-order chi connectivity index (χ0) is 15.1. The van der Waals surface area contributed by atoms with Crippen molar-refractivity contribution < 1.29 is 9.59 Å². The summed E-state index contributed by atoms with van der Waals surface area (Å²) < 4.78 is 1.72. The molecule has 21 heavy (non-hydrogen) atoms. The average molecular weight is 280 g/mol. The first-order valence-electron chi connectivity index (χ1n) is 6.87. The first kappa shape index (κ1) is 13.4. The van der Waals surface area contributed by atoms with Gasteiger partial charge in [-0.2, -0.15) is 0 Å². The standard InChI is InChI=1S/C17H16N2O2/c1-10(2)14-9-13-7-8-15(14)19(13)17(21)12-5-3-11(4-6-12)16(18)20/h3-10H,1-2H3,(H2,18,20). The molecule has 0 spiro atoms. The van der Waals surface area contributed by atoms with Crippen LogP contribution in [0.15, 0.2) is 42.5 Å². The predicted molar refractivity (Wildman–Crippen MR) is 81.9 cm³/mol. The Labute approximate surface area is 122 Å². The minimum Gasteiger partial charge on any atom is -0.366 e. The molecule has 1 amide bonds. The van der Waals surface area contributed by atoms with Gasteiger partial charge in [-0.05, 0) is 53.9 Å². The lowest BCUT2D eigenvalue weighted by Crippen LogP contribution is -2.13. The Morgan fingerprint density at radius 2 is 1.62 bits per heavy atom. The molecule has 0 unspecified atom stereocenters. The number of carbonyl (C=O) groups is 2. The molecular formula is C17H16N2O2. The van der Waals surface area contributed by atoms with Gasteiger partial charge in [0.15, 0.2) is 0 Å². The summed E-state index contributed by atoms with van der Waals surface area (Å²) in [5, 5.41) is 0. The van der Waals surface area contributed by atoms with E-state index in [0.29, 0.717) is 17.0 Å². The van der Waals surface area contributed by atoms with Crippen LogP contribution in [0, 0.1) is 0 Å². The molecule has 2 N–H and O–H groups in total. The van der Waals surface area contributed by atoms with Crippen LogP contribution < -0.4 is 5.73 Å². The van der Waals surface area contributed by atoms with Gasteiger partial charge in [0.05, 0.1) is 5.52 Å². The molecule has 0 saturated heterocycles. The maximum Gasteiger partial charge on any atom is 0.262 e. The molecule has 0 aliphatic heterocycles. The maximum absolute atomic E-state index is 12.7. The number of nitrogens with zero attached hydrogens (tertiary/aromatic N) is 1. The molecule has 0 atom stereocenters. The normalized spacial score (nSPS) is 11.4. The number of benzene rings is 2. The highest BCUT2D eigenvalue weighted by atomic mass is 16.2.